The van der Waals surface area contributed by atoms with Crippen molar-refractivity contribution in [3.05, 3.63) is 48.0 Å². The second-order valence-corrected chi connectivity index (χ2v) is 7.23. The molecule has 3 N–H and O–H groups in total. The second-order valence-electron chi connectivity index (χ2n) is 5.51. The molecule has 0 bridgehead atoms. The number of nitrogen functional groups attached to an aromatic ring is 1. The fourth-order valence-electron chi connectivity index (χ4n) is 2.27. The summed E-state index contributed by atoms with van der Waals surface area (Å²) in [5.41, 5.74) is 9.51. The van der Waals surface area contributed by atoms with Crippen LogP contribution in [0.25, 0.3) is 11.1 Å². The van der Waals surface area contributed by atoms with E-state index in [9.17, 15) is 8.42 Å². The Morgan fingerprint density at radius 1 is 1.14 bits per heavy atom. The van der Waals surface area contributed by atoms with E-state index in [0.29, 0.717) is 5.69 Å². The summed E-state index contributed by atoms with van der Waals surface area (Å²) in [6.07, 6.45) is 1.83. The fraction of sp³-hybridized carbons (Fsp3) is 0.250. The lowest BCUT2D eigenvalue weighted by molar-refractivity contribution is 0.581. The Hall–Kier alpha value is -1.85. The maximum atomic E-state index is 12.2. The molecule has 0 heterocycles. The van der Waals surface area contributed by atoms with E-state index in [4.69, 9.17) is 5.73 Å². The van der Waals surface area contributed by atoms with Crippen molar-refractivity contribution < 1.29 is 8.42 Å². The van der Waals surface area contributed by atoms with Gasteiger partial charge < -0.3 is 5.73 Å². The number of hydrogen-bond acceptors (Lipinski definition) is 3. The number of benzene rings is 2. The molecule has 4 nitrogen and oxygen atoms in total. The number of aryl methyl sites for hydroxylation is 1. The van der Waals surface area contributed by atoms with Crippen LogP contribution in [0.2, 0.25) is 0 Å². The van der Waals surface area contributed by atoms with Gasteiger partial charge in [0, 0.05) is 17.3 Å². The molecule has 2 aromatic rings. The Morgan fingerprint density at radius 3 is 2.52 bits per heavy atom. The number of anilines is 1. The summed E-state index contributed by atoms with van der Waals surface area (Å²) in [6, 6.07) is 13.0. The van der Waals surface area contributed by atoms with Crippen LogP contribution in [0.3, 0.4) is 0 Å². The minimum absolute atomic E-state index is 0.0904. The molecule has 0 radical (unpaired) electrons. The van der Waals surface area contributed by atoms with Gasteiger partial charge in [-0.2, -0.15) is 0 Å². The highest BCUT2D eigenvalue weighted by Crippen LogP contribution is 2.29. The average Bonchev–Trinajstić information content (AvgIpc) is 3.21. The summed E-state index contributed by atoms with van der Waals surface area (Å²) < 4.78 is 27.0. The first kappa shape index (κ1) is 14.1. The predicted octanol–water partition coefficient (Wildman–Crippen LogP) is 2.68. The molecule has 0 atom stereocenters. The molecule has 1 aliphatic rings. The number of sulfonamides is 1. The van der Waals surface area contributed by atoms with E-state index in [1.807, 2.05) is 31.2 Å². The van der Waals surface area contributed by atoms with E-state index >= 15 is 0 Å². The van der Waals surface area contributed by atoms with E-state index in [0.717, 1.165) is 29.5 Å². The smallest absolute Gasteiger partial charge is 0.240 e. The van der Waals surface area contributed by atoms with Crippen LogP contribution in [-0.2, 0) is 10.0 Å². The predicted molar refractivity (Wildman–Crippen MR) is 84.4 cm³/mol. The average molecular weight is 302 g/mol. The molecule has 0 spiro atoms. The van der Waals surface area contributed by atoms with Crippen molar-refractivity contribution in [2.24, 2.45) is 0 Å². The molecule has 1 saturated carbocycles. The number of nitrogens with two attached hydrogens (primary N) is 1. The molecule has 1 fully saturated rings. The zero-order valence-electron chi connectivity index (χ0n) is 11.8. The van der Waals surface area contributed by atoms with Crippen LogP contribution in [0.1, 0.15) is 18.4 Å². The Morgan fingerprint density at radius 2 is 1.90 bits per heavy atom. The van der Waals surface area contributed by atoms with Crippen molar-refractivity contribution in [2.45, 2.75) is 30.7 Å². The molecule has 1 aliphatic carbocycles. The first-order valence-electron chi connectivity index (χ1n) is 6.94. The van der Waals surface area contributed by atoms with Gasteiger partial charge in [0.2, 0.25) is 10.0 Å². The highest BCUT2D eigenvalue weighted by Gasteiger charge is 2.28. The molecule has 0 aliphatic heterocycles. The highest BCUT2D eigenvalue weighted by molar-refractivity contribution is 7.89. The van der Waals surface area contributed by atoms with Crippen molar-refractivity contribution in [3.8, 4) is 11.1 Å². The molecule has 3 rings (SSSR count). The van der Waals surface area contributed by atoms with Crippen molar-refractivity contribution in [2.75, 3.05) is 5.73 Å². The standard InChI is InChI=1S/C16H18N2O2S/c1-11-3-2-4-12(9-11)15-8-7-14(10-16(15)17)21(19,20)18-13-5-6-13/h2-4,7-10,13,18H,5-6,17H2,1H3. The van der Waals surface area contributed by atoms with E-state index in [1.54, 1.807) is 12.1 Å². The van der Waals surface area contributed by atoms with Crippen molar-refractivity contribution in [1.82, 2.24) is 4.72 Å². The molecular weight excluding hydrogens is 284 g/mol. The van der Waals surface area contributed by atoms with Gasteiger partial charge in [0.05, 0.1) is 4.90 Å². The van der Waals surface area contributed by atoms with Gasteiger partial charge in [0.1, 0.15) is 0 Å². The third-order valence-corrected chi connectivity index (χ3v) is 5.08. The number of rotatable bonds is 4. The van der Waals surface area contributed by atoms with Crippen LogP contribution in [0, 0.1) is 6.92 Å². The van der Waals surface area contributed by atoms with Gasteiger partial charge in [-0.05, 0) is 37.5 Å². The quantitative estimate of drug-likeness (QED) is 0.853. The number of nitrogens with one attached hydrogen (secondary N) is 1. The molecule has 0 aromatic heterocycles. The summed E-state index contributed by atoms with van der Waals surface area (Å²) in [5, 5.41) is 0. The molecule has 110 valence electrons. The molecule has 0 unspecified atom stereocenters. The van der Waals surface area contributed by atoms with E-state index in [-0.39, 0.29) is 10.9 Å². The topological polar surface area (TPSA) is 72.2 Å². The molecular formula is C16H18N2O2S. The first-order valence-corrected chi connectivity index (χ1v) is 8.43. The minimum atomic E-state index is -3.46. The molecule has 5 heteroatoms. The third kappa shape index (κ3) is 3.09. The Bertz CT molecular complexity index is 781. The third-order valence-electron chi connectivity index (χ3n) is 3.56. The van der Waals surface area contributed by atoms with Gasteiger partial charge >= 0.3 is 0 Å². The van der Waals surface area contributed by atoms with Gasteiger partial charge in [-0.15, -0.1) is 0 Å². The Labute approximate surface area is 125 Å². The summed E-state index contributed by atoms with van der Waals surface area (Å²) in [6.45, 7) is 2.01. The molecule has 21 heavy (non-hydrogen) atoms. The van der Waals surface area contributed by atoms with Crippen LogP contribution in [-0.4, -0.2) is 14.5 Å². The fourth-order valence-corrected chi connectivity index (χ4v) is 3.61. The summed E-state index contributed by atoms with van der Waals surface area (Å²) in [4.78, 5) is 0.225. The summed E-state index contributed by atoms with van der Waals surface area (Å²) in [5.74, 6) is 0. The monoisotopic (exact) mass is 302 g/mol. The summed E-state index contributed by atoms with van der Waals surface area (Å²) >= 11 is 0. The van der Waals surface area contributed by atoms with Gasteiger partial charge in [0.25, 0.3) is 0 Å². The minimum Gasteiger partial charge on any atom is -0.398 e. The highest BCUT2D eigenvalue weighted by atomic mass is 32.2. The van der Waals surface area contributed by atoms with Crippen molar-refractivity contribution in [3.63, 3.8) is 0 Å². The Kier molecular flexibility index (Phi) is 3.47. The van der Waals surface area contributed by atoms with Gasteiger partial charge in [-0.25, -0.2) is 13.1 Å². The first-order chi connectivity index (χ1) is 9.95. The molecule has 0 saturated heterocycles. The maximum Gasteiger partial charge on any atom is 0.240 e. The zero-order chi connectivity index (χ0) is 15.0. The second kappa shape index (κ2) is 5.16. The van der Waals surface area contributed by atoms with E-state index in [2.05, 4.69) is 4.72 Å². The van der Waals surface area contributed by atoms with E-state index in [1.165, 1.54) is 6.07 Å². The maximum absolute atomic E-state index is 12.2. The lowest BCUT2D eigenvalue weighted by Crippen LogP contribution is -2.25. The number of hydrogen-bond donors (Lipinski definition) is 2. The van der Waals surface area contributed by atoms with Gasteiger partial charge in [0.15, 0.2) is 0 Å². The largest absolute Gasteiger partial charge is 0.398 e. The lowest BCUT2D eigenvalue weighted by atomic mass is 10.0. The Balaban J connectivity index is 1.96. The summed E-state index contributed by atoms with van der Waals surface area (Å²) in [7, 11) is -3.46. The normalized spacial score (nSPS) is 15.1. The van der Waals surface area contributed by atoms with Crippen LogP contribution < -0.4 is 10.5 Å². The van der Waals surface area contributed by atoms with Crippen LogP contribution >= 0.6 is 0 Å². The van der Waals surface area contributed by atoms with Crippen LogP contribution in [0.5, 0.6) is 0 Å². The van der Waals surface area contributed by atoms with Crippen LogP contribution in [0.15, 0.2) is 47.4 Å². The van der Waals surface area contributed by atoms with Crippen molar-refractivity contribution in [1.29, 1.82) is 0 Å². The SMILES string of the molecule is Cc1cccc(-c2ccc(S(=O)(=O)NC3CC3)cc2N)c1. The van der Waals surface area contributed by atoms with Gasteiger partial charge in [-0.1, -0.05) is 35.9 Å². The lowest BCUT2D eigenvalue weighted by Gasteiger charge is -2.10. The van der Waals surface area contributed by atoms with Crippen LogP contribution in [0.4, 0.5) is 5.69 Å². The van der Waals surface area contributed by atoms with E-state index < -0.39 is 10.0 Å². The molecule has 2 aromatic carbocycles. The zero-order valence-corrected chi connectivity index (χ0v) is 12.7. The molecule has 0 amide bonds. The van der Waals surface area contributed by atoms with Gasteiger partial charge in [-0.3, -0.25) is 0 Å². The van der Waals surface area contributed by atoms with Crippen molar-refractivity contribution >= 4 is 15.7 Å².